The summed E-state index contributed by atoms with van der Waals surface area (Å²) in [5.74, 6) is 5.40. The molecule has 6 heteroatoms. The molecule has 0 saturated heterocycles. The minimum atomic E-state index is 0.210. The van der Waals surface area contributed by atoms with Crippen LogP contribution in [0.5, 0.6) is 0 Å². The smallest absolute Gasteiger partial charge is 0.219 e. The maximum absolute atomic E-state index is 11.9. The molecule has 0 radical (unpaired) electrons. The third kappa shape index (κ3) is 7.44. The van der Waals surface area contributed by atoms with Gasteiger partial charge in [-0.1, -0.05) is 20.8 Å². The number of amides is 1. The van der Waals surface area contributed by atoms with Gasteiger partial charge in [-0.15, -0.1) is 0 Å². The van der Waals surface area contributed by atoms with Crippen LogP contribution in [-0.4, -0.2) is 58.3 Å². The molecule has 0 aromatic rings. The second kappa shape index (κ2) is 15.2. The Morgan fingerprint density at radius 1 is 0.850 bits per heavy atom. The number of hydrogen-bond donors (Lipinski definition) is 5. The maximum Gasteiger partial charge on any atom is 0.219 e. The van der Waals surface area contributed by atoms with Gasteiger partial charge >= 0.3 is 0 Å². The Bertz CT molecular complexity index is 777. The number of fused-ring (bicyclic) bond motifs is 5. The van der Waals surface area contributed by atoms with E-state index in [0.717, 1.165) is 87.7 Å². The zero-order valence-electron chi connectivity index (χ0n) is 26.7. The molecule has 1 amide bonds. The number of nitrogens with two attached hydrogens (primary N) is 1. The molecule has 4 aliphatic carbocycles. The van der Waals surface area contributed by atoms with Gasteiger partial charge in [-0.2, -0.15) is 0 Å². The van der Waals surface area contributed by atoms with Gasteiger partial charge in [0.25, 0.3) is 0 Å². The van der Waals surface area contributed by atoms with Crippen LogP contribution in [-0.2, 0) is 4.79 Å². The first kappa shape index (κ1) is 32.2. The van der Waals surface area contributed by atoms with E-state index in [-0.39, 0.29) is 5.91 Å². The fraction of sp³-hybridized carbons (Fsp3) is 0.971. The van der Waals surface area contributed by atoms with E-state index in [9.17, 15) is 4.79 Å². The average Bonchev–Trinajstić information content (AvgIpc) is 3.31. The molecule has 0 aliphatic heterocycles. The lowest BCUT2D eigenvalue weighted by atomic mass is 9.44. The summed E-state index contributed by atoms with van der Waals surface area (Å²) < 4.78 is 0. The van der Waals surface area contributed by atoms with Crippen molar-refractivity contribution in [2.75, 3.05) is 46.3 Å². The third-order valence-corrected chi connectivity index (χ3v) is 12.8. The highest BCUT2D eigenvalue weighted by Crippen LogP contribution is 2.68. The van der Waals surface area contributed by atoms with E-state index in [0.29, 0.717) is 23.2 Å². The van der Waals surface area contributed by atoms with E-state index >= 15 is 0 Å². The van der Waals surface area contributed by atoms with Gasteiger partial charge in [0, 0.05) is 19.5 Å². The highest BCUT2D eigenvalue weighted by atomic mass is 16.1. The molecular formula is C34H65N5O. The van der Waals surface area contributed by atoms with Gasteiger partial charge in [-0.25, -0.2) is 0 Å². The van der Waals surface area contributed by atoms with E-state index in [1.54, 1.807) is 7.05 Å². The molecule has 4 aliphatic rings. The minimum absolute atomic E-state index is 0.210. The molecule has 0 bridgehead atoms. The van der Waals surface area contributed by atoms with Gasteiger partial charge in [-0.05, 0) is 169 Å². The van der Waals surface area contributed by atoms with Crippen LogP contribution in [0, 0.1) is 46.3 Å². The van der Waals surface area contributed by atoms with Crippen LogP contribution < -0.4 is 27.0 Å². The van der Waals surface area contributed by atoms with Crippen molar-refractivity contribution in [3.63, 3.8) is 0 Å². The SMILES string of the molecule is CNC(=O)CC[C@@H](C)[C@H]1CCC2C3CCC4C[C@@H](NCCCNCCCNCCCN)CC[C@]4(C)C3CC[C@@]21C. The zero-order chi connectivity index (χ0) is 28.6. The van der Waals surface area contributed by atoms with Crippen LogP contribution in [0.4, 0.5) is 0 Å². The van der Waals surface area contributed by atoms with Crippen molar-refractivity contribution in [2.24, 2.45) is 52.1 Å². The first-order chi connectivity index (χ1) is 19.3. The van der Waals surface area contributed by atoms with E-state index in [2.05, 4.69) is 42.0 Å². The molecule has 4 fully saturated rings. The van der Waals surface area contributed by atoms with Crippen LogP contribution in [0.3, 0.4) is 0 Å². The predicted molar refractivity (Wildman–Crippen MR) is 168 cm³/mol. The van der Waals surface area contributed by atoms with Gasteiger partial charge in [0.2, 0.25) is 5.91 Å². The van der Waals surface area contributed by atoms with Crippen molar-refractivity contribution < 1.29 is 4.79 Å². The number of hydrogen-bond acceptors (Lipinski definition) is 5. The maximum atomic E-state index is 11.9. The molecule has 6 N–H and O–H groups in total. The molecule has 4 saturated carbocycles. The van der Waals surface area contributed by atoms with Crippen molar-refractivity contribution in [3.8, 4) is 0 Å². The Balaban J connectivity index is 1.19. The lowest BCUT2D eigenvalue weighted by Gasteiger charge is -2.61. The van der Waals surface area contributed by atoms with Crippen LogP contribution in [0.15, 0.2) is 0 Å². The molecule has 0 spiro atoms. The van der Waals surface area contributed by atoms with Gasteiger partial charge in [0.1, 0.15) is 0 Å². The average molecular weight is 560 g/mol. The fourth-order valence-electron chi connectivity index (χ4n) is 10.4. The van der Waals surface area contributed by atoms with E-state index in [1.807, 2.05) is 0 Å². The van der Waals surface area contributed by atoms with Crippen LogP contribution in [0.25, 0.3) is 0 Å². The number of carbonyl (C=O) groups excluding carboxylic acids is 1. The first-order valence-corrected chi connectivity index (χ1v) is 17.4. The first-order valence-electron chi connectivity index (χ1n) is 17.4. The monoisotopic (exact) mass is 560 g/mol. The van der Waals surface area contributed by atoms with E-state index < -0.39 is 0 Å². The summed E-state index contributed by atoms with van der Waals surface area (Å²) in [6.07, 6.45) is 18.1. The Morgan fingerprint density at radius 2 is 1.52 bits per heavy atom. The van der Waals surface area contributed by atoms with Crippen molar-refractivity contribution in [2.45, 2.75) is 117 Å². The number of nitrogens with one attached hydrogen (secondary N) is 4. The van der Waals surface area contributed by atoms with E-state index in [4.69, 9.17) is 5.73 Å². The molecule has 9 atom stereocenters. The highest BCUT2D eigenvalue weighted by Gasteiger charge is 2.60. The molecule has 0 heterocycles. The van der Waals surface area contributed by atoms with Gasteiger partial charge in [0.05, 0.1) is 0 Å². The van der Waals surface area contributed by atoms with Crippen molar-refractivity contribution in [1.29, 1.82) is 0 Å². The molecular weight excluding hydrogens is 494 g/mol. The van der Waals surface area contributed by atoms with Crippen molar-refractivity contribution >= 4 is 5.91 Å². The van der Waals surface area contributed by atoms with Gasteiger partial charge < -0.3 is 27.0 Å². The molecule has 4 unspecified atom stereocenters. The normalized spacial score (nSPS) is 37.8. The summed E-state index contributed by atoms with van der Waals surface area (Å²) in [4.78, 5) is 11.9. The Morgan fingerprint density at radius 3 is 2.25 bits per heavy atom. The second-order valence-electron chi connectivity index (χ2n) is 14.8. The van der Waals surface area contributed by atoms with Crippen molar-refractivity contribution in [3.05, 3.63) is 0 Å². The zero-order valence-corrected chi connectivity index (χ0v) is 26.7. The molecule has 6 nitrogen and oxygen atoms in total. The summed E-state index contributed by atoms with van der Waals surface area (Å²) in [5.41, 5.74) is 6.60. The molecule has 0 aromatic heterocycles. The molecule has 0 aromatic carbocycles. The van der Waals surface area contributed by atoms with Gasteiger partial charge in [0.15, 0.2) is 0 Å². The highest BCUT2D eigenvalue weighted by molar-refractivity contribution is 5.75. The standard InChI is InChI=1S/C34H65N5O/c1-25(8-13-32(40)36-4)29-11-12-30-28-10-9-26-24-27(14-16-33(26,2)31(28)15-17-34(29,30)3)39-23-7-22-38-21-6-20-37-19-5-18-35/h25-31,37-39H,5-24,35H2,1-4H3,(H,36,40)/t25-,26?,27+,28?,29-,30?,31?,33+,34-/m1/s1. The van der Waals surface area contributed by atoms with Gasteiger partial charge in [-0.3, -0.25) is 4.79 Å². The fourth-order valence-corrected chi connectivity index (χ4v) is 10.4. The van der Waals surface area contributed by atoms with Crippen LogP contribution in [0.1, 0.15) is 111 Å². The lowest BCUT2D eigenvalue weighted by Crippen LogP contribution is -2.55. The second-order valence-corrected chi connectivity index (χ2v) is 14.8. The van der Waals surface area contributed by atoms with Crippen LogP contribution in [0.2, 0.25) is 0 Å². The number of carbonyl (C=O) groups is 1. The van der Waals surface area contributed by atoms with Crippen LogP contribution >= 0.6 is 0 Å². The van der Waals surface area contributed by atoms with Crippen molar-refractivity contribution in [1.82, 2.24) is 21.3 Å². The topological polar surface area (TPSA) is 91.2 Å². The summed E-state index contributed by atoms with van der Waals surface area (Å²) in [6.45, 7) is 14.1. The Kier molecular flexibility index (Phi) is 12.2. The predicted octanol–water partition coefficient (Wildman–Crippen LogP) is 5.07. The number of rotatable bonds is 16. The largest absolute Gasteiger partial charge is 0.359 e. The Labute approximate surface area is 246 Å². The molecule has 4 rings (SSSR count). The summed E-state index contributed by atoms with van der Waals surface area (Å²) in [5, 5.41) is 13.9. The molecule has 232 valence electrons. The quantitative estimate of drug-likeness (QED) is 0.170. The Hall–Kier alpha value is -0.690. The third-order valence-electron chi connectivity index (χ3n) is 12.8. The minimum Gasteiger partial charge on any atom is -0.359 e. The summed E-state index contributed by atoms with van der Waals surface area (Å²) >= 11 is 0. The summed E-state index contributed by atoms with van der Waals surface area (Å²) in [7, 11) is 1.77. The summed E-state index contributed by atoms with van der Waals surface area (Å²) in [6, 6.07) is 0.729. The molecule has 40 heavy (non-hydrogen) atoms. The van der Waals surface area contributed by atoms with E-state index in [1.165, 1.54) is 70.6 Å². The lowest BCUT2D eigenvalue weighted by molar-refractivity contribution is -0.122.